The second kappa shape index (κ2) is 8.68. The molecule has 3 unspecified atom stereocenters. The van der Waals surface area contributed by atoms with Crippen LogP contribution in [-0.4, -0.2) is 93.2 Å². The first-order valence-corrected chi connectivity index (χ1v) is 15.5. The van der Waals surface area contributed by atoms with E-state index in [-0.39, 0.29) is 46.2 Å². The van der Waals surface area contributed by atoms with Gasteiger partial charge in [0.1, 0.15) is 6.04 Å². The number of hydrogen-bond acceptors (Lipinski definition) is 7. The van der Waals surface area contributed by atoms with Crippen LogP contribution in [0.3, 0.4) is 0 Å². The fraction of sp³-hybridized carbons (Fsp3) is 0.654. The summed E-state index contributed by atoms with van der Waals surface area (Å²) in [6, 6.07) is 7.14. The Labute approximate surface area is 218 Å². The Morgan fingerprint density at radius 2 is 2.11 bits per heavy atom. The van der Waals surface area contributed by atoms with E-state index in [4.69, 9.17) is 5.73 Å². The standard InChI is InChI=1S/C26H34N6O4S/c1-37(2,32(35)36)20-5-6-21-15(8-20)3-4-16(21)12-30-19-10-24(26(30)34)29(13-19)14-22(28)25(33)31-18(11-27)7-17-9-23(17)31/h5-6,8,16-19,22-24H,3-4,7,9-10,12-14,28H2,1-2H3/t16?,17?,18-,19-,22-,23?,24-/m0/s1. The molecule has 2 bridgehead atoms. The van der Waals surface area contributed by atoms with Gasteiger partial charge < -0.3 is 15.5 Å². The van der Waals surface area contributed by atoms with E-state index in [1.165, 1.54) is 11.1 Å². The minimum Gasteiger partial charge on any atom is -0.336 e. The number of piperazine rings is 1. The van der Waals surface area contributed by atoms with E-state index in [0.29, 0.717) is 25.6 Å². The Morgan fingerprint density at radius 3 is 2.81 bits per heavy atom. The number of hydrogen-bond donors (Lipinski definition) is 1. The van der Waals surface area contributed by atoms with Gasteiger partial charge in [-0.25, -0.2) is 0 Å². The smallest absolute Gasteiger partial charge is 0.242 e. The lowest BCUT2D eigenvalue weighted by Crippen LogP contribution is -2.57. The van der Waals surface area contributed by atoms with E-state index >= 15 is 0 Å². The van der Waals surface area contributed by atoms with Gasteiger partial charge in [-0.2, -0.15) is 5.26 Å². The number of nitrogens with two attached hydrogens (primary N) is 1. The molecule has 0 aromatic heterocycles. The molecule has 3 saturated heterocycles. The second-order valence-electron chi connectivity index (χ2n) is 11.7. The summed E-state index contributed by atoms with van der Waals surface area (Å²) in [7, 11) is -2.09. The quantitative estimate of drug-likeness (QED) is 0.419. The van der Waals surface area contributed by atoms with Crippen LogP contribution in [0.2, 0.25) is 0 Å². The van der Waals surface area contributed by atoms with Crippen molar-refractivity contribution in [1.29, 1.82) is 5.26 Å². The van der Waals surface area contributed by atoms with E-state index in [2.05, 4.69) is 11.0 Å². The number of nitrogens with zero attached hydrogens (tertiary/aromatic N) is 5. The third kappa shape index (κ3) is 3.92. The molecule has 5 aliphatic rings. The van der Waals surface area contributed by atoms with E-state index in [0.717, 1.165) is 37.0 Å². The molecular formula is C26H34N6O4S. The zero-order valence-corrected chi connectivity index (χ0v) is 22.1. The van der Waals surface area contributed by atoms with Crippen molar-refractivity contribution < 1.29 is 13.9 Å². The molecule has 0 spiro atoms. The minimum atomic E-state index is -2.09. The maximum Gasteiger partial charge on any atom is 0.242 e. The number of aryl methyl sites for hydroxylation is 1. The molecule has 11 heteroatoms. The summed E-state index contributed by atoms with van der Waals surface area (Å²) in [6.45, 7) is 1.72. The summed E-state index contributed by atoms with van der Waals surface area (Å²) < 4.78 is -0.165. The summed E-state index contributed by atoms with van der Waals surface area (Å²) in [4.78, 5) is 44.5. The average molecular weight is 527 g/mol. The van der Waals surface area contributed by atoms with Crippen molar-refractivity contribution in [2.45, 2.75) is 73.1 Å². The van der Waals surface area contributed by atoms with Crippen LogP contribution in [0, 0.1) is 27.4 Å². The Morgan fingerprint density at radius 1 is 1.32 bits per heavy atom. The number of fused-ring (bicyclic) bond motifs is 4. The fourth-order valence-corrected chi connectivity index (χ4v) is 8.10. The highest BCUT2D eigenvalue weighted by molar-refractivity contribution is 8.27. The molecule has 7 atom stereocenters. The van der Waals surface area contributed by atoms with Crippen LogP contribution >= 0.6 is 10.2 Å². The number of nitro groups is 1. The lowest BCUT2D eigenvalue weighted by Gasteiger charge is -2.36. The number of nitriles is 1. The van der Waals surface area contributed by atoms with Gasteiger partial charge in [0.15, 0.2) is 0 Å². The van der Waals surface area contributed by atoms with Crippen molar-refractivity contribution >= 4 is 22.0 Å². The Bertz CT molecular complexity index is 1220. The zero-order chi connectivity index (χ0) is 26.2. The SMILES string of the molecule is CS(C)(c1ccc2c(c1)CCC2CN1C(=O)[C@@H]2C[C@H]1CN2C[C@H](N)C(=O)N1C2CC2C[C@H]1C#N)[N+](=O)[O-]. The molecule has 0 radical (unpaired) electrons. The van der Waals surface area contributed by atoms with Crippen LogP contribution < -0.4 is 5.73 Å². The van der Waals surface area contributed by atoms with Crippen LogP contribution in [0.1, 0.15) is 42.7 Å². The maximum atomic E-state index is 13.3. The highest BCUT2D eigenvalue weighted by atomic mass is 32.3. The number of likely N-dealkylation sites (tertiary alicyclic amines) is 3. The largest absolute Gasteiger partial charge is 0.336 e. The number of amides is 2. The van der Waals surface area contributed by atoms with Crippen LogP contribution in [0.5, 0.6) is 0 Å². The first-order chi connectivity index (χ1) is 17.6. The van der Waals surface area contributed by atoms with Gasteiger partial charge in [-0.05, 0) is 61.3 Å². The molecule has 3 heterocycles. The van der Waals surface area contributed by atoms with Gasteiger partial charge in [0.2, 0.25) is 11.8 Å². The van der Waals surface area contributed by atoms with E-state index in [1.807, 2.05) is 23.1 Å². The van der Waals surface area contributed by atoms with Crippen molar-refractivity contribution in [3.63, 3.8) is 0 Å². The van der Waals surface area contributed by atoms with Gasteiger partial charge in [-0.15, -0.1) is 0 Å². The van der Waals surface area contributed by atoms with Crippen molar-refractivity contribution in [1.82, 2.24) is 14.7 Å². The zero-order valence-electron chi connectivity index (χ0n) is 21.3. The van der Waals surface area contributed by atoms with Gasteiger partial charge in [-0.3, -0.25) is 24.6 Å². The normalized spacial score (nSPS) is 33.3. The van der Waals surface area contributed by atoms with Crippen LogP contribution in [0.15, 0.2) is 23.1 Å². The molecule has 1 aromatic rings. The lowest BCUT2D eigenvalue weighted by molar-refractivity contribution is -0.295. The Balaban J connectivity index is 1.08. The van der Waals surface area contributed by atoms with E-state index < -0.39 is 16.3 Å². The highest BCUT2D eigenvalue weighted by Crippen LogP contribution is 2.51. The third-order valence-electron chi connectivity index (χ3n) is 9.33. The molecule has 2 amide bonds. The molecule has 6 rings (SSSR count). The highest BCUT2D eigenvalue weighted by Gasteiger charge is 2.56. The first kappa shape index (κ1) is 24.6. The number of rotatable bonds is 7. The van der Waals surface area contributed by atoms with Gasteiger partial charge in [0.25, 0.3) is 0 Å². The molecule has 10 nitrogen and oxygen atoms in total. The molecule has 2 aliphatic carbocycles. The predicted octanol–water partition coefficient (Wildman–Crippen LogP) is 1.46. The summed E-state index contributed by atoms with van der Waals surface area (Å²) in [5.74, 6) is 0.639. The second-order valence-corrected chi connectivity index (χ2v) is 15.1. The van der Waals surface area contributed by atoms with Gasteiger partial charge >= 0.3 is 0 Å². The first-order valence-electron chi connectivity index (χ1n) is 13.1. The van der Waals surface area contributed by atoms with Crippen LogP contribution in [0.25, 0.3) is 0 Å². The van der Waals surface area contributed by atoms with Crippen molar-refractivity contribution in [3.05, 3.63) is 39.4 Å². The van der Waals surface area contributed by atoms with Crippen molar-refractivity contribution in [3.8, 4) is 6.07 Å². The number of piperidine rings is 1. The minimum absolute atomic E-state index is 0.109. The van der Waals surface area contributed by atoms with E-state index in [9.17, 15) is 25.0 Å². The molecule has 1 saturated carbocycles. The summed E-state index contributed by atoms with van der Waals surface area (Å²) in [5.41, 5.74) is 8.70. The van der Waals surface area contributed by atoms with Gasteiger partial charge in [0.05, 0.1) is 27.4 Å². The van der Waals surface area contributed by atoms with Crippen molar-refractivity contribution in [2.24, 2.45) is 11.7 Å². The topological polar surface area (TPSA) is 137 Å². The van der Waals surface area contributed by atoms with Gasteiger partial charge in [0, 0.05) is 60.4 Å². The molecule has 1 aromatic carbocycles. The molecular weight excluding hydrogens is 492 g/mol. The molecule has 37 heavy (non-hydrogen) atoms. The molecule has 3 aliphatic heterocycles. The molecule has 198 valence electrons. The van der Waals surface area contributed by atoms with Gasteiger partial charge in [-0.1, -0.05) is 6.07 Å². The average Bonchev–Trinajstić information content (AvgIpc) is 3.19. The molecule has 2 N–H and O–H groups in total. The monoisotopic (exact) mass is 526 g/mol. The summed E-state index contributed by atoms with van der Waals surface area (Å²) in [5, 5.41) is 20.9. The maximum absolute atomic E-state index is 13.3. The lowest BCUT2D eigenvalue weighted by atomic mass is 10.00. The Kier molecular flexibility index (Phi) is 5.78. The number of carbonyl (C=O) groups is 2. The Hall–Kier alpha value is -2.68. The fourth-order valence-electron chi connectivity index (χ4n) is 7.09. The third-order valence-corrected chi connectivity index (χ3v) is 11.5. The number of benzene rings is 1. The molecule has 4 fully saturated rings. The predicted molar refractivity (Wildman–Crippen MR) is 138 cm³/mol. The van der Waals surface area contributed by atoms with Crippen LogP contribution in [0.4, 0.5) is 0 Å². The van der Waals surface area contributed by atoms with Crippen molar-refractivity contribution in [2.75, 3.05) is 32.1 Å². The summed E-state index contributed by atoms with van der Waals surface area (Å²) in [6.07, 6.45) is 7.72. The van der Waals surface area contributed by atoms with E-state index in [1.54, 1.807) is 17.4 Å². The number of carbonyl (C=O) groups excluding carboxylic acids is 2. The summed E-state index contributed by atoms with van der Waals surface area (Å²) >= 11 is 0. The van der Waals surface area contributed by atoms with Crippen LogP contribution in [-0.2, 0) is 16.0 Å².